The number of benzene rings is 1. The second-order valence-electron chi connectivity index (χ2n) is 6.85. The first kappa shape index (κ1) is 17.6. The Hall–Kier alpha value is -1.75. The van der Waals surface area contributed by atoms with Crippen LogP contribution in [0.1, 0.15) is 32.3 Å². The molecule has 1 fully saturated rings. The van der Waals surface area contributed by atoms with E-state index in [9.17, 15) is 9.90 Å². The van der Waals surface area contributed by atoms with Crippen molar-refractivity contribution in [1.29, 1.82) is 0 Å². The minimum atomic E-state index is -0.168. The van der Waals surface area contributed by atoms with Gasteiger partial charge in [-0.3, -0.25) is 0 Å². The smallest absolute Gasteiger partial charge is 0.315 e. The van der Waals surface area contributed by atoms with E-state index in [0.717, 1.165) is 30.6 Å². The SMILES string of the molecule is COc1ccccc1CC(NC(=O)NCC1(CO)CC1)C(C)C. The van der Waals surface area contributed by atoms with E-state index in [1.165, 1.54) is 0 Å². The van der Waals surface area contributed by atoms with Gasteiger partial charge in [0, 0.05) is 18.0 Å². The maximum Gasteiger partial charge on any atom is 0.315 e. The number of carbonyl (C=O) groups excluding carboxylic acids is 1. The fourth-order valence-electron chi connectivity index (χ4n) is 2.62. The van der Waals surface area contributed by atoms with Gasteiger partial charge in [0.1, 0.15) is 5.75 Å². The molecule has 3 N–H and O–H groups in total. The summed E-state index contributed by atoms with van der Waals surface area (Å²) in [7, 11) is 1.66. The van der Waals surface area contributed by atoms with Crippen molar-refractivity contribution in [3.8, 4) is 5.75 Å². The Kier molecular flexibility index (Phi) is 5.88. The Balaban J connectivity index is 1.91. The van der Waals surface area contributed by atoms with Gasteiger partial charge >= 0.3 is 6.03 Å². The highest BCUT2D eigenvalue weighted by Crippen LogP contribution is 2.44. The monoisotopic (exact) mass is 320 g/mol. The molecule has 1 unspecified atom stereocenters. The van der Waals surface area contributed by atoms with Crippen molar-refractivity contribution in [2.24, 2.45) is 11.3 Å². The summed E-state index contributed by atoms with van der Waals surface area (Å²) in [6.07, 6.45) is 2.69. The van der Waals surface area contributed by atoms with Crippen LogP contribution in [0.15, 0.2) is 24.3 Å². The van der Waals surface area contributed by atoms with Crippen molar-refractivity contribution in [3.05, 3.63) is 29.8 Å². The lowest BCUT2D eigenvalue weighted by Gasteiger charge is -2.24. The van der Waals surface area contributed by atoms with E-state index >= 15 is 0 Å². The van der Waals surface area contributed by atoms with Crippen LogP contribution in [-0.4, -0.2) is 37.4 Å². The minimum absolute atomic E-state index is 0.0237. The van der Waals surface area contributed by atoms with Crippen molar-refractivity contribution in [2.45, 2.75) is 39.2 Å². The second kappa shape index (κ2) is 7.68. The van der Waals surface area contributed by atoms with Crippen LogP contribution >= 0.6 is 0 Å². The summed E-state index contributed by atoms with van der Waals surface area (Å²) in [6.45, 7) is 4.86. The van der Waals surface area contributed by atoms with Gasteiger partial charge in [-0.2, -0.15) is 0 Å². The number of para-hydroxylation sites is 1. The van der Waals surface area contributed by atoms with E-state index in [-0.39, 0.29) is 24.1 Å². The third kappa shape index (κ3) is 4.86. The number of aliphatic hydroxyl groups is 1. The van der Waals surface area contributed by atoms with Crippen LogP contribution in [0.3, 0.4) is 0 Å². The average Bonchev–Trinajstić information content (AvgIpc) is 3.33. The first-order valence-corrected chi connectivity index (χ1v) is 8.27. The zero-order chi connectivity index (χ0) is 16.9. The topological polar surface area (TPSA) is 70.6 Å². The van der Waals surface area contributed by atoms with E-state index in [1.807, 2.05) is 24.3 Å². The maximum absolute atomic E-state index is 12.2. The molecule has 0 bridgehead atoms. The molecule has 0 heterocycles. The summed E-state index contributed by atoms with van der Waals surface area (Å²) in [6, 6.07) is 7.74. The van der Waals surface area contributed by atoms with Crippen molar-refractivity contribution in [1.82, 2.24) is 10.6 Å². The Morgan fingerprint density at radius 1 is 1.35 bits per heavy atom. The summed E-state index contributed by atoms with van der Waals surface area (Å²) in [5, 5.41) is 15.3. The molecule has 0 aromatic heterocycles. The largest absolute Gasteiger partial charge is 0.496 e. The van der Waals surface area contributed by atoms with Crippen LogP contribution in [0, 0.1) is 11.3 Å². The number of nitrogens with one attached hydrogen (secondary N) is 2. The molecule has 0 spiro atoms. The zero-order valence-electron chi connectivity index (χ0n) is 14.3. The van der Waals surface area contributed by atoms with Gasteiger partial charge in [-0.05, 0) is 36.8 Å². The van der Waals surface area contributed by atoms with E-state index in [1.54, 1.807) is 7.11 Å². The van der Waals surface area contributed by atoms with Crippen LogP contribution in [0.25, 0.3) is 0 Å². The van der Waals surface area contributed by atoms with E-state index < -0.39 is 0 Å². The van der Waals surface area contributed by atoms with E-state index in [2.05, 4.69) is 24.5 Å². The number of carbonyl (C=O) groups is 1. The summed E-state index contributed by atoms with van der Waals surface area (Å²) in [5.74, 6) is 1.15. The standard InChI is InChI=1S/C18H28N2O3/c1-13(2)15(10-14-6-4-5-7-16(14)23-3)20-17(22)19-11-18(12-21)8-9-18/h4-7,13,15,21H,8-12H2,1-3H3,(H2,19,20,22). The lowest BCUT2D eigenvalue weighted by atomic mass is 9.96. The van der Waals surface area contributed by atoms with Gasteiger partial charge in [0.2, 0.25) is 0 Å². The highest BCUT2D eigenvalue weighted by molar-refractivity contribution is 5.74. The Morgan fingerprint density at radius 2 is 2.04 bits per heavy atom. The fraction of sp³-hybridized carbons (Fsp3) is 0.611. The number of aliphatic hydroxyl groups excluding tert-OH is 1. The molecule has 5 heteroatoms. The molecule has 1 atom stereocenters. The Bertz CT molecular complexity index is 527. The van der Waals surface area contributed by atoms with Gasteiger partial charge in [0.25, 0.3) is 0 Å². The molecule has 2 rings (SSSR count). The van der Waals surface area contributed by atoms with Crippen LogP contribution < -0.4 is 15.4 Å². The molecule has 1 saturated carbocycles. The number of ether oxygens (including phenoxy) is 1. The molecule has 1 aliphatic carbocycles. The summed E-state index contributed by atoms with van der Waals surface area (Å²) in [5.41, 5.74) is 1.01. The van der Waals surface area contributed by atoms with Gasteiger partial charge < -0.3 is 20.5 Å². The predicted molar refractivity (Wildman–Crippen MR) is 90.6 cm³/mol. The highest BCUT2D eigenvalue weighted by Gasteiger charge is 2.42. The zero-order valence-corrected chi connectivity index (χ0v) is 14.3. The molecule has 0 radical (unpaired) electrons. The van der Waals surface area contributed by atoms with Crippen LogP contribution in [0.2, 0.25) is 0 Å². The molecular weight excluding hydrogens is 292 g/mol. The lowest BCUT2D eigenvalue weighted by molar-refractivity contribution is 0.200. The van der Waals surface area contributed by atoms with Crippen molar-refractivity contribution >= 4 is 6.03 Å². The quantitative estimate of drug-likeness (QED) is 0.688. The third-order valence-electron chi connectivity index (χ3n) is 4.67. The highest BCUT2D eigenvalue weighted by atomic mass is 16.5. The molecule has 1 aromatic carbocycles. The molecule has 0 saturated heterocycles. The molecular formula is C18H28N2O3. The van der Waals surface area contributed by atoms with Crippen molar-refractivity contribution < 1.29 is 14.6 Å². The summed E-state index contributed by atoms with van der Waals surface area (Å²) >= 11 is 0. The third-order valence-corrected chi connectivity index (χ3v) is 4.67. The van der Waals surface area contributed by atoms with Crippen LogP contribution in [0.4, 0.5) is 4.79 Å². The number of methoxy groups -OCH3 is 1. The minimum Gasteiger partial charge on any atom is -0.496 e. The Labute approximate surface area is 138 Å². The molecule has 0 aliphatic heterocycles. The van der Waals surface area contributed by atoms with Gasteiger partial charge in [-0.25, -0.2) is 4.79 Å². The molecule has 5 nitrogen and oxygen atoms in total. The lowest BCUT2D eigenvalue weighted by Crippen LogP contribution is -2.47. The molecule has 128 valence electrons. The number of urea groups is 1. The Morgan fingerprint density at radius 3 is 2.61 bits per heavy atom. The second-order valence-corrected chi connectivity index (χ2v) is 6.85. The van der Waals surface area contributed by atoms with Gasteiger partial charge in [-0.15, -0.1) is 0 Å². The number of amides is 2. The number of hydrogen-bond donors (Lipinski definition) is 3. The average molecular weight is 320 g/mol. The molecule has 1 aromatic rings. The molecule has 23 heavy (non-hydrogen) atoms. The van der Waals surface area contributed by atoms with E-state index in [4.69, 9.17) is 4.74 Å². The van der Waals surface area contributed by atoms with Gasteiger partial charge in [0.05, 0.1) is 13.7 Å². The first-order chi connectivity index (χ1) is 11.0. The molecule has 1 aliphatic rings. The maximum atomic E-state index is 12.2. The van der Waals surface area contributed by atoms with Crippen LogP contribution in [-0.2, 0) is 6.42 Å². The fourth-order valence-corrected chi connectivity index (χ4v) is 2.62. The number of rotatable bonds is 8. The summed E-state index contributed by atoms with van der Waals surface area (Å²) < 4.78 is 5.39. The van der Waals surface area contributed by atoms with Gasteiger partial charge in [0.15, 0.2) is 0 Å². The van der Waals surface area contributed by atoms with Crippen molar-refractivity contribution in [2.75, 3.05) is 20.3 Å². The van der Waals surface area contributed by atoms with Crippen LogP contribution in [0.5, 0.6) is 5.75 Å². The van der Waals surface area contributed by atoms with E-state index in [0.29, 0.717) is 12.5 Å². The van der Waals surface area contributed by atoms with Crippen molar-refractivity contribution in [3.63, 3.8) is 0 Å². The molecule has 2 amide bonds. The normalized spacial score (nSPS) is 16.7. The number of hydrogen-bond acceptors (Lipinski definition) is 3. The summed E-state index contributed by atoms with van der Waals surface area (Å²) in [4.78, 5) is 12.2. The first-order valence-electron chi connectivity index (χ1n) is 8.27. The van der Waals surface area contributed by atoms with Gasteiger partial charge in [-0.1, -0.05) is 32.0 Å². The predicted octanol–water partition coefficient (Wildman–Crippen LogP) is 2.33.